The highest BCUT2D eigenvalue weighted by molar-refractivity contribution is 7.99. The molecule has 1 aliphatic heterocycles. The van der Waals surface area contributed by atoms with Gasteiger partial charge < -0.3 is 24.4 Å². The summed E-state index contributed by atoms with van der Waals surface area (Å²) in [4.78, 5) is 28.6. The maximum Gasteiger partial charge on any atom is 0.256 e. The number of carbonyl (C=O) groups excluding carboxylic acids is 2. The molecule has 1 aliphatic rings. The van der Waals surface area contributed by atoms with Gasteiger partial charge in [-0.1, -0.05) is 50.1 Å². The Morgan fingerprint density at radius 1 is 1.03 bits per heavy atom. The van der Waals surface area contributed by atoms with Crippen molar-refractivity contribution >= 4 is 23.6 Å². The van der Waals surface area contributed by atoms with Crippen molar-refractivity contribution in [3.8, 4) is 17.2 Å². The van der Waals surface area contributed by atoms with Crippen molar-refractivity contribution in [3.05, 3.63) is 53.6 Å². The van der Waals surface area contributed by atoms with Crippen molar-refractivity contribution in [1.82, 2.24) is 10.2 Å². The molecule has 1 saturated heterocycles. The molecule has 8 heteroatoms. The average molecular weight is 473 g/mol. The van der Waals surface area contributed by atoms with Gasteiger partial charge in [0.2, 0.25) is 11.7 Å². The lowest BCUT2D eigenvalue weighted by atomic mass is 10.1. The van der Waals surface area contributed by atoms with E-state index in [0.717, 1.165) is 24.8 Å². The first-order chi connectivity index (χ1) is 16.0. The van der Waals surface area contributed by atoms with Crippen LogP contribution in [0.2, 0.25) is 0 Å². The Bertz CT molecular complexity index is 928. The highest BCUT2D eigenvalue weighted by Gasteiger charge is 2.42. The standard InChI is InChI=1S/C25H32N2O5S/c1-5-6-10-13-26-23(28)19-16-33-25(17-11-8-7-9-12-17)27(19)24(29)18-14-20(30-2)22(32-4)21(15-18)31-3/h7-9,11-12,14-15,19,25H,5-6,10,13,16H2,1-4H3,(H,26,28). The number of amides is 2. The van der Waals surface area contributed by atoms with E-state index in [1.807, 2.05) is 30.3 Å². The van der Waals surface area contributed by atoms with Crippen LogP contribution >= 0.6 is 11.8 Å². The molecule has 1 heterocycles. The Kier molecular flexibility index (Phi) is 8.88. The van der Waals surface area contributed by atoms with E-state index in [1.54, 1.807) is 28.8 Å². The Hall–Kier alpha value is -2.87. The molecule has 0 radical (unpaired) electrons. The number of hydrogen-bond donors (Lipinski definition) is 1. The molecular weight excluding hydrogens is 440 g/mol. The maximum absolute atomic E-state index is 13.8. The average Bonchev–Trinajstić information content (AvgIpc) is 3.31. The molecule has 2 atom stereocenters. The fourth-order valence-electron chi connectivity index (χ4n) is 3.89. The van der Waals surface area contributed by atoms with Gasteiger partial charge in [0.25, 0.3) is 5.91 Å². The van der Waals surface area contributed by atoms with Gasteiger partial charge >= 0.3 is 0 Å². The minimum absolute atomic E-state index is 0.127. The molecule has 0 saturated carbocycles. The van der Waals surface area contributed by atoms with Gasteiger partial charge in [-0.05, 0) is 24.1 Å². The van der Waals surface area contributed by atoms with E-state index in [4.69, 9.17) is 14.2 Å². The summed E-state index contributed by atoms with van der Waals surface area (Å²) < 4.78 is 16.3. The minimum atomic E-state index is -0.576. The van der Waals surface area contributed by atoms with Crippen LogP contribution in [-0.2, 0) is 4.79 Å². The van der Waals surface area contributed by atoms with Gasteiger partial charge in [0.15, 0.2) is 11.5 Å². The summed E-state index contributed by atoms with van der Waals surface area (Å²) in [5.41, 5.74) is 1.35. The van der Waals surface area contributed by atoms with Crippen LogP contribution in [0, 0.1) is 0 Å². The van der Waals surface area contributed by atoms with Crippen LogP contribution in [0.4, 0.5) is 0 Å². The first-order valence-electron chi connectivity index (χ1n) is 11.1. The number of benzene rings is 2. The molecule has 178 valence electrons. The summed E-state index contributed by atoms with van der Waals surface area (Å²) in [5, 5.41) is 2.74. The Morgan fingerprint density at radius 2 is 1.70 bits per heavy atom. The monoisotopic (exact) mass is 472 g/mol. The number of thioether (sulfide) groups is 1. The molecule has 1 N–H and O–H groups in total. The van der Waals surface area contributed by atoms with Crippen molar-refractivity contribution in [2.24, 2.45) is 0 Å². The van der Waals surface area contributed by atoms with Crippen molar-refractivity contribution in [3.63, 3.8) is 0 Å². The molecule has 2 aromatic carbocycles. The van der Waals surface area contributed by atoms with Gasteiger partial charge in [-0.3, -0.25) is 9.59 Å². The number of nitrogens with zero attached hydrogens (tertiary/aromatic N) is 1. The van der Waals surface area contributed by atoms with Gasteiger partial charge in [0, 0.05) is 17.9 Å². The normalized spacial score (nSPS) is 17.5. The molecule has 1 fully saturated rings. The second-order valence-electron chi connectivity index (χ2n) is 7.74. The van der Waals surface area contributed by atoms with Gasteiger partial charge in [-0.15, -0.1) is 11.8 Å². The Balaban J connectivity index is 1.96. The summed E-state index contributed by atoms with van der Waals surface area (Å²) in [7, 11) is 4.54. The Labute approximate surface area is 199 Å². The lowest BCUT2D eigenvalue weighted by Crippen LogP contribution is -2.48. The predicted octanol–water partition coefficient (Wildman–Crippen LogP) is 4.28. The predicted molar refractivity (Wildman–Crippen MR) is 130 cm³/mol. The topological polar surface area (TPSA) is 77.1 Å². The second kappa shape index (κ2) is 11.8. The van der Waals surface area contributed by atoms with Crippen molar-refractivity contribution in [2.75, 3.05) is 33.6 Å². The second-order valence-corrected chi connectivity index (χ2v) is 8.85. The summed E-state index contributed by atoms with van der Waals surface area (Å²) >= 11 is 1.59. The fourth-order valence-corrected chi connectivity index (χ4v) is 5.32. The summed E-state index contributed by atoms with van der Waals surface area (Å²) in [6.07, 6.45) is 3.06. The van der Waals surface area contributed by atoms with Crippen LogP contribution in [-0.4, -0.2) is 56.4 Å². The third kappa shape index (κ3) is 5.55. The molecule has 0 aliphatic carbocycles. The SMILES string of the molecule is CCCCCNC(=O)C1CSC(c2ccccc2)N1C(=O)c1cc(OC)c(OC)c(OC)c1. The van der Waals surface area contributed by atoms with Gasteiger partial charge in [-0.2, -0.15) is 0 Å². The summed E-state index contributed by atoms with van der Waals surface area (Å²) in [6, 6.07) is 12.5. The molecule has 0 bridgehead atoms. The Morgan fingerprint density at radius 3 is 2.27 bits per heavy atom. The molecule has 0 aromatic heterocycles. The van der Waals surface area contributed by atoms with E-state index in [2.05, 4.69) is 12.2 Å². The summed E-state index contributed by atoms with van der Waals surface area (Å²) in [6.45, 7) is 2.73. The lowest BCUT2D eigenvalue weighted by Gasteiger charge is -2.29. The highest BCUT2D eigenvalue weighted by Crippen LogP contribution is 2.44. The zero-order valence-electron chi connectivity index (χ0n) is 19.6. The molecule has 7 nitrogen and oxygen atoms in total. The molecule has 2 unspecified atom stereocenters. The van der Waals surface area contributed by atoms with Crippen LogP contribution < -0.4 is 19.5 Å². The number of unbranched alkanes of at least 4 members (excludes halogenated alkanes) is 2. The van der Waals surface area contributed by atoms with Gasteiger partial charge in [-0.25, -0.2) is 0 Å². The fraction of sp³-hybridized carbons (Fsp3) is 0.440. The lowest BCUT2D eigenvalue weighted by molar-refractivity contribution is -0.124. The largest absolute Gasteiger partial charge is 0.493 e. The van der Waals surface area contributed by atoms with E-state index in [0.29, 0.717) is 35.1 Å². The van der Waals surface area contributed by atoms with Crippen LogP contribution in [0.5, 0.6) is 17.2 Å². The third-order valence-corrected chi connectivity index (χ3v) is 6.94. The van der Waals surface area contributed by atoms with Gasteiger partial charge in [0.1, 0.15) is 11.4 Å². The molecule has 0 spiro atoms. The number of ether oxygens (including phenoxy) is 3. The van der Waals surface area contributed by atoms with Crippen molar-refractivity contribution in [1.29, 1.82) is 0 Å². The zero-order chi connectivity index (χ0) is 23.8. The van der Waals surface area contributed by atoms with E-state index < -0.39 is 6.04 Å². The van der Waals surface area contributed by atoms with E-state index >= 15 is 0 Å². The highest BCUT2D eigenvalue weighted by atomic mass is 32.2. The minimum Gasteiger partial charge on any atom is -0.493 e. The van der Waals surface area contributed by atoms with Crippen LogP contribution in [0.3, 0.4) is 0 Å². The number of rotatable bonds is 10. The number of carbonyl (C=O) groups is 2. The van der Waals surface area contributed by atoms with E-state index in [-0.39, 0.29) is 17.2 Å². The number of nitrogens with one attached hydrogen (secondary N) is 1. The smallest absolute Gasteiger partial charge is 0.256 e. The molecular formula is C25H32N2O5S. The first-order valence-corrected chi connectivity index (χ1v) is 12.2. The molecule has 33 heavy (non-hydrogen) atoms. The third-order valence-electron chi connectivity index (χ3n) is 5.61. The molecule has 2 aromatic rings. The quantitative estimate of drug-likeness (QED) is 0.520. The number of methoxy groups -OCH3 is 3. The van der Waals surface area contributed by atoms with E-state index in [1.165, 1.54) is 21.3 Å². The van der Waals surface area contributed by atoms with Crippen LogP contribution in [0.15, 0.2) is 42.5 Å². The zero-order valence-corrected chi connectivity index (χ0v) is 20.4. The molecule has 2 amide bonds. The van der Waals surface area contributed by atoms with Crippen LogP contribution in [0.1, 0.15) is 47.5 Å². The van der Waals surface area contributed by atoms with Crippen LogP contribution in [0.25, 0.3) is 0 Å². The number of hydrogen-bond acceptors (Lipinski definition) is 6. The molecule has 3 rings (SSSR count). The summed E-state index contributed by atoms with van der Waals surface area (Å²) in [5.74, 6) is 1.33. The van der Waals surface area contributed by atoms with Crippen molar-refractivity contribution in [2.45, 2.75) is 37.6 Å². The first kappa shape index (κ1) is 24.8. The maximum atomic E-state index is 13.8. The van der Waals surface area contributed by atoms with Crippen molar-refractivity contribution < 1.29 is 23.8 Å². The van der Waals surface area contributed by atoms with Gasteiger partial charge in [0.05, 0.1) is 21.3 Å². The van der Waals surface area contributed by atoms with E-state index in [9.17, 15) is 9.59 Å².